The highest BCUT2D eigenvalue weighted by atomic mass is 19.3. The van der Waals surface area contributed by atoms with E-state index in [0.717, 1.165) is 5.56 Å². The minimum atomic E-state index is -2.79. The van der Waals surface area contributed by atoms with Gasteiger partial charge in [-0.1, -0.05) is 0 Å². The lowest BCUT2D eigenvalue weighted by atomic mass is 10.1. The highest BCUT2D eigenvalue weighted by molar-refractivity contribution is 5.92. The number of aromatic carboxylic acids is 1. The van der Waals surface area contributed by atoms with Gasteiger partial charge in [-0.15, -0.1) is 0 Å². The first-order valence-electron chi connectivity index (χ1n) is 11.1. The van der Waals surface area contributed by atoms with Gasteiger partial charge in [0.05, 0.1) is 11.7 Å². The normalized spacial score (nSPS) is 16.1. The first kappa shape index (κ1) is 24.1. The van der Waals surface area contributed by atoms with E-state index in [9.17, 15) is 28.7 Å². The molecular formula is C24H24F2N6O3. The molecule has 0 aliphatic carbocycles. The van der Waals surface area contributed by atoms with Gasteiger partial charge >= 0.3 is 5.97 Å². The molecule has 1 aliphatic rings. The Balaban J connectivity index is 1.83. The number of aryl methyl sites for hydroxylation is 2. The molecule has 3 aromatic rings. The predicted octanol–water partition coefficient (Wildman–Crippen LogP) is 3.68. The Morgan fingerprint density at radius 1 is 1.26 bits per heavy atom. The first-order valence-corrected chi connectivity index (χ1v) is 11.1. The topological polar surface area (TPSA) is 124 Å². The second kappa shape index (κ2) is 8.94. The molecule has 1 saturated heterocycles. The molecule has 0 radical (unpaired) electrons. The van der Waals surface area contributed by atoms with E-state index in [4.69, 9.17) is 0 Å². The van der Waals surface area contributed by atoms with Gasteiger partial charge in [-0.05, 0) is 44.5 Å². The van der Waals surface area contributed by atoms with Crippen LogP contribution in [0.4, 0.5) is 20.3 Å². The number of halogens is 2. The lowest BCUT2D eigenvalue weighted by Gasteiger charge is -2.33. The quantitative estimate of drug-likeness (QED) is 0.564. The minimum absolute atomic E-state index is 0.0314. The van der Waals surface area contributed by atoms with Crippen molar-refractivity contribution in [3.63, 3.8) is 0 Å². The largest absolute Gasteiger partial charge is 0.476 e. The van der Waals surface area contributed by atoms with Crippen molar-refractivity contribution in [1.29, 1.82) is 5.26 Å². The Kier molecular flexibility index (Phi) is 6.15. The van der Waals surface area contributed by atoms with Gasteiger partial charge in [-0.25, -0.2) is 23.5 Å². The Labute approximate surface area is 199 Å². The zero-order chi connectivity index (χ0) is 25.5. The van der Waals surface area contributed by atoms with Crippen molar-refractivity contribution in [2.75, 3.05) is 23.3 Å². The van der Waals surface area contributed by atoms with Crippen LogP contribution in [-0.2, 0) is 0 Å². The summed E-state index contributed by atoms with van der Waals surface area (Å²) < 4.78 is 28.7. The molecule has 0 aromatic carbocycles. The average Bonchev–Trinajstić information content (AvgIpc) is 2.80. The van der Waals surface area contributed by atoms with Crippen LogP contribution < -0.4 is 15.8 Å². The summed E-state index contributed by atoms with van der Waals surface area (Å²) >= 11 is 0. The summed E-state index contributed by atoms with van der Waals surface area (Å²) in [6, 6.07) is 6.49. The Bertz CT molecular complexity index is 1420. The summed E-state index contributed by atoms with van der Waals surface area (Å²) in [4.78, 5) is 35.2. The molecule has 2 N–H and O–H groups in total. The van der Waals surface area contributed by atoms with Gasteiger partial charge in [0.1, 0.15) is 11.7 Å². The van der Waals surface area contributed by atoms with Crippen molar-refractivity contribution in [2.24, 2.45) is 0 Å². The van der Waals surface area contributed by atoms with Crippen molar-refractivity contribution in [1.82, 2.24) is 14.4 Å². The van der Waals surface area contributed by atoms with Crippen molar-refractivity contribution in [3.8, 4) is 6.07 Å². The van der Waals surface area contributed by atoms with Crippen LogP contribution in [0.1, 0.15) is 58.7 Å². The summed E-state index contributed by atoms with van der Waals surface area (Å²) in [7, 11) is 0. The second-order valence-corrected chi connectivity index (χ2v) is 8.76. The van der Waals surface area contributed by atoms with E-state index in [1.165, 1.54) is 4.40 Å². The van der Waals surface area contributed by atoms with Gasteiger partial charge in [-0.2, -0.15) is 5.26 Å². The molecular weight excluding hydrogens is 458 g/mol. The fourth-order valence-corrected chi connectivity index (χ4v) is 4.23. The maximum atomic E-state index is 13.7. The highest BCUT2D eigenvalue weighted by Gasteiger charge is 2.35. The number of nitrogens with one attached hydrogen (secondary N) is 1. The average molecular weight is 482 g/mol. The van der Waals surface area contributed by atoms with Crippen LogP contribution in [0.2, 0.25) is 0 Å². The lowest BCUT2D eigenvalue weighted by molar-refractivity contribution is -0.0221. The third kappa shape index (κ3) is 4.64. The fourth-order valence-electron chi connectivity index (χ4n) is 4.23. The van der Waals surface area contributed by atoms with Crippen molar-refractivity contribution >= 4 is 23.1 Å². The third-order valence-corrected chi connectivity index (χ3v) is 6.05. The molecule has 4 rings (SSSR count). The van der Waals surface area contributed by atoms with E-state index in [1.807, 2.05) is 12.1 Å². The number of piperidine rings is 1. The SMILES string of the molecule is Cc1cc([C@@H](C)Nc2ccc(C)nc2C(=O)O)c2nc(N3CCC(F)(F)CC3)c(C#N)c(=O)n2c1. The zero-order valence-corrected chi connectivity index (χ0v) is 19.5. The molecule has 35 heavy (non-hydrogen) atoms. The highest BCUT2D eigenvalue weighted by Crippen LogP contribution is 2.32. The number of carbonyl (C=O) groups is 1. The lowest BCUT2D eigenvalue weighted by Crippen LogP contribution is -2.41. The molecule has 182 valence electrons. The van der Waals surface area contributed by atoms with E-state index in [1.54, 1.807) is 44.0 Å². The summed E-state index contributed by atoms with van der Waals surface area (Å²) in [6.07, 6.45) is 0.776. The van der Waals surface area contributed by atoms with Gasteiger partial charge < -0.3 is 15.3 Å². The third-order valence-electron chi connectivity index (χ3n) is 6.05. The number of anilines is 2. The van der Waals surface area contributed by atoms with Gasteiger partial charge in [0.15, 0.2) is 17.1 Å². The predicted molar refractivity (Wildman–Crippen MR) is 125 cm³/mol. The van der Waals surface area contributed by atoms with E-state index in [0.29, 0.717) is 16.9 Å². The number of carboxylic acids is 1. The molecule has 0 spiro atoms. The Morgan fingerprint density at radius 3 is 2.57 bits per heavy atom. The van der Waals surface area contributed by atoms with Gasteiger partial charge in [0, 0.05) is 43.4 Å². The van der Waals surface area contributed by atoms with E-state index < -0.39 is 36.3 Å². The Morgan fingerprint density at radius 2 is 1.94 bits per heavy atom. The first-order chi connectivity index (χ1) is 16.5. The second-order valence-electron chi connectivity index (χ2n) is 8.76. The van der Waals surface area contributed by atoms with Gasteiger partial charge in [-0.3, -0.25) is 9.20 Å². The van der Waals surface area contributed by atoms with Crippen LogP contribution in [0.15, 0.2) is 29.2 Å². The molecule has 11 heteroatoms. The number of aromatic nitrogens is 3. The van der Waals surface area contributed by atoms with Crippen LogP contribution in [0.25, 0.3) is 5.65 Å². The number of nitrogens with zero attached hydrogens (tertiary/aromatic N) is 5. The molecule has 1 fully saturated rings. The Hall–Kier alpha value is -4.07. The van der Waals surface area contributed by atoms with E-state index in [-0.39, 0.29) is 35.8 Å². The van der Waals surface area contributed by atoms with Crippen molar-refractivity contribution < 1.29 is 18.7 Å². The molecule has 1 aliphatic heterocycles. The summed E-state index contributed by atoms with van der Waals surface area (Å²) in [5.41, 5.74) is 1.46. The van der Waals surface area contributed by atoms with E-state index in [2.05, 4.69) is 15.3 Å². The standard InChI is InChI=1S/C24H24F2N6O3/c1-13-10-16(15(3)29-18-5-4-14(2)28-19(18)23(34)35)21-30-20(17(11-27)22(33)32(21)12-13)31-8-6-24(25,26)7-9-31/h4-5,10,12,15,29H,6-9H2,1-3H3,(H,34,35)/t15-/m1/s1. The number of fused-ring (bicyclic) bond motifs is 1. The molecule has 0 amide bonds. The summed E-state index contributed by atoms with van der Waals surface area (Å²) in [5.74, 6) is -3.90. The molecule has 3 aromatic heterocycles. The number of nitriles is 1. The molecule has 0 saturated carbocycles. The minimum Gasteiger partial charge on any atom is -0.476 e. The summed E-state index contributed by atoms with van der Waals surface area (Å²) in [6.45, 7) is 5.19. The van der Waals surface area contributed by atoms with Crippen LogP contribution in [-0.4, -0.2) is 44.5 Å². The maximum Gasteiger partial charge on any atom is 0.356 e. The molecule has 0 bridgehead atoms. The number of alkyl halides is 2. The number of carboxylic acid groups (broad SMARTS) is 1. The van der Waals surface area contributed by atoms with Crippen LogP contribution in [0.3, 0.4) is 0 Å². The molecule has 9 nitrogen and oxygen atoms in total. The van der Waals surface area contributed by atoms with Crippen LogP contribution in [0.5, 0.6) is 0 Å². The number of pyridine rings is 2. The molecule has 0 unspecified atom stereocenters. The van der Waals surface area contributed by atoms with Crippen LogP contribution in [0, 0.1) is 25.2 Å². The molecule has 4 heterocycles. The summed E-state index contributed by atoms with van der Waals surface area (Å²) in [5, 5.41) is 22.4. The van der Waals surface area contributed by atoms with Crippen molar-refractivity contribution in [2.45, 2.75) is 45.6 Å². The fraction of sp³-hybridized carbons (Fsp3) is 0.375. The van der Waals surface area contributed by atoms with Crippen molar-refractivity contribution in [3.05, 3.63) is 62.8 Å². The monoisotopic (exact) mass is 482 g/mol. The maximum absolute atomic E-state index is 13.7. The smallest absolute Gasteiger partial charge is 0.356 e. The van der Waals surface area contributed by atoms with Gasteiger partial charge in [0.2, 0.25) is 0 Å². The number of hydrogen-bond donors (Lipinski definition) is 2. The van der Waals surface area contributed by atoms with Gasteiger partial charge in [0.25, 0.3) is 11.5 Å². The van der Waals surface area contributed by atoms with E-state index >= 15 is 0 Å². The number of hydrogen-bond acceptors (Lipinski definition) is 7. The number of rotatable bonds is 5. The zero-order valence-electron chi connectivity index (χ0n) is 19.5. The van der Waals surface area contributed by atoms with Crippen LogP contribution >= 0.6 is 0 Å². The molecule has 1 atom stereocenters.